The average Bonchev–Trinajstić information content (AvgIpc) is 3.00. The number of benzene rings is 3. The number of nitrogens with one attached hydrogen (secondary N) is 2. The minimum Gasteiger partial charge on any atom is -0.353 e. The lowest BCUT2D eigenvalue weighted by Gasteiger charge is -2.36. The number of halogens is 2. The predicted octanol–water partition coefficient (Wildman–Crippen LogP) is 3.60. The molecule has 1 aliphatic rings. The third-order valence-corrected chi connectivity index (χ3v) is 7.30. The fourth-order valence-electron chi connectivity index (χ4n) is 5.03. The molecule has 0 radical (unpaired) electrons. The first-order valence-corrected chi connectivity index (χ1v) is 14.0. The van der Waals surface area contributed by atoms with Gasteiger partial charge in [0.25, 0.3) is 5.91 Å². The molecule has 0 spiro atoms. The molecule has 3 aromatic carbocycles. The largest absolute Gasteiger partial charge is 0.353 e. The second-order valence-corrected chi connectivity index (χ2v) is 10.2. The van der Waals surface area contributed by atoms with E-state index in [4.69, 9.17) is 0 Å². The molecule has 4 amide bonds. The van der Waals surface area contributed by atoms with Crippen molar-refractivity contribution in [2.24, 2.45) is 0 Å². The highest BCUT2D eigenvalue weighted by atomic mass is 19.1. The zero-order valence-electron chi connectivity index (χ0n) is 23.3. The molecule has 1 aliphatic heterocycles. The highest BCUT2D eigenvalue weighted by Gasteiger charge is 2.30. The summed E-state index contributed by atoms with van der Waals surface area (Å²) in [5.74, 6) is -2.84. The van der Waals surface area contributed by atoms with Crippen LogP contribution in [-0.4, -0.2) is 72.2 Å². The average molecular weight is 577 g/mol. The summed E-state index contributed by atoms with van der Waals surface area (Å²) in [5.41, 5.74) is 0.627. The van der Waals surface area contributed by atoms with Crippen LogP contribution in [0, 0.1) is 11.6 Å². The van der Waals surface area contributed by atoms with Crippen LogP contribution in [0.1, 0.15) is 35.2 Å². The van der Waals surface area contributed by atoms with Gasteiger partial charge in [0.2, 0.25) is 17.7 Å². The smallest absolute Gasteiger partial charge is 0.254 e. The number of hydrogen-bond acceptors (Lipinski definition) is 4. The Balaban J connectivity index is 1.38. The first-order valence-electron chi connectivity index (χ1n) is 14.0. The van der Waals surface area contributed by atoms with Crippen LogP contribution < -0.4 is 10.6 Å². The molecule has 0 aliphatic carbocycles. The number of carbonyl (C=O) groups excluding carboxylic acids is 4. The van der Waals surface area contributed by atoms with Crippen molar-refractivity contribution in [1.82, 2.24) is 20.4 Å². The van der Waals surface area contributed by atoms with E-state index < -0.39 is 23.6 Å². The van der Waals surface area contributed by atoms with Crippen LogP contribution in [0.5, 0.6) is 0 Å². The van der Waals surface area contributed by atoms with Gasteiger partial charge in [0.15, 0.2) is 0 Å². The SMILES string of the molecule is C=CC(=O)NCCCC[C@H](NC(=O)Cc1ccc(F)cc1F)C(=O)N1CCN(C(=O)c2cccc3ccccc23)CC1. The van der Waals surface area contributed by atoms with Crippen LogP contribution >= 0.6 is 0 Å². The Kier molecular flexibility index (Phi) is 10.4. The topological polar surface area (TPSA) is 98.8 Å². The number of carbonyl (C=O) groups is 4. The van der Waals surface area contributed by atoms with Gasteiger partial charge >= 0.3 is 0 Å². The Morgan fingerprint density at radius 3 is 2.36 bits per heavy atom. The van der Waals surface area contributed by atoms with E-state index >= 15 is 0 Å². The molecular weight excluding hydrogens is 542 g/mol. The molecule has 1 fully saturated rings. The van der Waals surface area contributed by atoms with Crippen LogP contribution in [0.15, 0.2) is 73.3 Å². The first kappa shape index (κ1) is 30.4. The molecule has 220 valence electrons. The van der Waals surface area contributed by atoms with E-state index in [2.05, 4.69) is 17.2 Å². The maximum atomic E-state index is 14.1. The Morgan fingerprint density at radius 2 is 1.62 bits per heavy atom. The number of unbranched alkanes of at least 4 members (excludes halogenated alkanes) is 1. The molecule has 0 saturated carbocycles. The number of hydrogen-bond donors (Lipinski definition) is 2. The maximum Gasteiger partial charge on any atom is 0.254 e. The van der Waals surface area contributed by atoms with Gasteiger partial charge in [-0.05, 0) is 53.8 Å². The zero-order chi connectivity index (χ0) is 30.1. The number of piperazine rings is 1. The Morgan fingerprint density at radius 1 is 0.905 bits per heavy atom. The van der Waals surface area contributed by atoms with Gasteiger partial charge < -0.3 is 20.4 Å². The van der Waals surface area contributed by atoms with E-state index in [1.54, 1.807) is 15.9 Å². The summed E-state index contributed by atoms with van der Waals surface area (Å²) < 4.78 is 27.4. The lowest BCUT2D eigenvalue weighted by atomic mass is 10.0. The molecule has 42 heavy (non-hydrogen) atoms. The van der Waals surface area contributed by atoms with Crippen molar-refractivity contribution in [2.45, 2.75) is 31.7 Å². The molecule has 1 atom stereocenters. The lowest BCUT2D eigenvalue weighted by Crippen LogP contribution is -2.56. The minimum atomic E-state index is -0.878. The second kappa shape index (κ2) is 14.3. The van der Waals surface area contributed by atoms with Crippen LogP contribution in [0.3, 0.4) is 0 Å². The van der Waals surface area contributed by atoms with Gasteiger partial charge in [0.05, 0.1) is 6.42 Å². The summed E-state index contributed by atoms with van der Waals surface area (Å²) in [5, 5.41) is 7.24. The lowest BCUT2D eigenvalue weighted by molar-refractivity contribution is -0.137. The standard InChI is InChI=1S/C32H34F2N4O4/c1-2-29(39)35-15-6-5-12-28(36-30(40)20-23-13-14-24(33)21-27(23)34)32(42)38-18-16-37(17-19-38)31(41)26-11-7-9-22-8-3-4-10-25(22)26/h2-4,7-11,13-14,21,28H,1,5-6,12,15-20H2,(H,35,39)(H,36,40)/t28-/m0/s1. The molecule has 1 heterocycles. The predicted molar refractivity (Wildman–Crippen MR) is 155 cm³/mol. The Hall–Kier alpha value is -4.60. The normalized spacial score (nSPS) is 13.9. The number of rotatable bonds is 11. The van der Waals surface area contributed by atoms with Gasteiger partial charge in [0, 0.05) is 44.4 Å². The van der Waals surface area contributed by atoms with Crippen molar-refractivity contribution in [3.63, 3.8) is 0 Å². The molecule has 3 aromatic rings. The molecule has 0 bridgehead atoms. The summed E-state index contributed by atoms with van der Waals surface area (Å²) in [6.07, 6.45) is 2.22. The summed E-state index contributed by atoms with van der Waals surface area (Å²) in [6.45, 7) is 5.05. The van der Waals surface area contributed by atoms with E-state index in [-0.39, 0.29) is 29.7 Å². The summed E-state index contributed by atoms with van der Waals surface area (Å²) >= 11 is 0. The monoisotopic (exact) mass is 576 g/mol. The zero-order valence-corrected chi connectivity index (χ0v) is 23.3. The van der Waals surface area contributed by atoms with Gasteiger partial charge in [-0.2, -0.15) is 0 Å². The molecule has 0 aromatic heterocycles. The summed E-state index contributed by atoms with van der Waals surface area (Å²) in [4.78, 5) is 54.4. The van der Waals surface area contributed by atoms with Crippen molar-refractivity contribution >= 4 is 34.4 Å². The maximum absolute atomic E-state index is 14.1. The first-order chi connectivity index (χ1) is 20.3. The number of amides is 4. The van der Waals surface area contributed by atoms with Crippen molar-refractivity contribution in [3.05, 3.63) is 96.1 Å². The fourth-order valence-corrected chi connectivity index (χ4v) is 5.03. The summed E-state index contributed by atoms with van der Waals surface area (Å²) in [7, 11) is 0. The molecule has 4 rings (SSSR count). The van der Waals surface area contributed by atoms with E-state index in [9.17, 15) is 28.0 Å². The quantitative estimate of drug-likeness (QED) is 0.269. The van der Waals surface area contributed by atoms with Gasteiger partial charge in [0.1, 0.15) is 17.7 Å². The van der Waals surface area contributed by atoms with Gasteiger partial charge in [-0.3, -0.25) is 19.2 Å². The van der Waals surface area contributed by atoms with Crippen molar-refractivity contribution in [1.29, 1.82) is 0 Å². The third kappa shape index (κ3) is 7.78. The third-order valence-electron chi connectivity index (χ3n) is 7.30. The molecule has 2 N–H and O–H groups in total. The molecule has 1 saturated heterocycles. The Bertz CT molecular complexity index is 1460. The van der Waals surface area contributed by atoms with Crippen LogP contribution in [0.4, 0.5) is 8.78 Å². The summed E-state index contributed by atoms with van der Waals surface area (Å²) in [6, 6.07) is 15.4. The van der Waals surface area contributed by atoms with Crippen molar-refractivity contribution in [2.75, 3.05) is 32.7 Å². The highest BCUT2D eigenvalue weighted by molar-refractivity contribution is 6.07. The van der Waals surface area contributed by atoms with Crippen LogP contribution in [0.2, 0.25) is 0 Å². The van der Waals surface area contributed by atoms with Crippen LogP contribution in [0.25, 0.3) is 10.8 Å². The van der Waals surface area contributed by atoms with Crippen molar-refractivity contribution in [3.8, 4) is 0 Å². The number of nitrogens with zero attached hydrogens (tertiary/aromatic N) is 2. The molecular formula is C32H34F2N4O4. The van der Waals surface area contributed by atoms with Gasteiger partial charge in [-0.25, -0.2) is 8.78 Å². The minimum absolute atomic E-state index is 0.0211. The molecule has 10 heteroatoms. The molecule has 8 nitrogen and oxygen atoms in total. The Labute approximate surface area is 243 Å². The van der Waals surface area contributed by atoms with Crippen LogP contribution in [-0.2, 0) is 20.8 Å². The highest BCUT2D eigenvalue weighted by Crippen LogP contribution is 2.21. The van der Waals surface area contributed by atoms with E-state index in [0.717, 1.165) is 16.8 Å². The number of fused-ring (bicyclic) bond motifs is 1. The van der Waals surface area contributed by atoms with E-state index in [0.29, 0.717) is 63.6 Å². The fraction of sp³-hybridized carbons (Fsp3) is 0.312. The second-order valence-electron chi connectivity index (χ2n) is 10.2. The molecule has 0 unspecified atom stereocenters. The van der Waals surface area contributed by atoms with E-state index in [1.807, 2.05) is 36.4 Å². The van der Waals surface area contributed by atoms with E-state index in [1.165, 1.54) is 12.1 Å². The van der Waals surface area contributed by atoms with Gasteiger partial charge in [-0.15, -0.1) is 0 Å². The van der Waals surface area contributed by atoms with Gasteiger partial charge in [-0.1, -0.05) is 49.0 Å². The van der Waals surface area contributed by atoms with Crippen molar-refractivity contribution < 1.29 is 28.0 Å².